The minimum atomic E-state index is -0.169. The highest BCUT2D eigenvalue weighted by Gasteiger charge is 2.49. The molecule has 0 aromatic heterocycles. The van der Waals surface area contributed by atoms with Gasteiger partial charge < -0.3 is 4.74 Å². The van der Waals surface area contributed by atoms with Crippen molar-refractivity contribution in [2.24, 2.45) is 11.0 Å². The number of nitrogens with zero attached hydrogens (tertiary/aromatic N) is 4. The van der Waals surface area contributed by atoms with E-state index in [1.165, 1.54) is 5.56 Å². The number of fused-ring (bicyclic) bond motifs is 2. The number of hydrogen-bond donors (Lipinski definition) is 0. The number of esters is 1. The highest BCUT2D eigenvalue weighted by Crippen LogP contribution is 2.46. The Labute approximate surface area is 200 Å². The van der Waals surface area contributed by atoms with Gasteiger partial charge >= 0.3 is 5.97 Å². The summed E-state index contributed by atoms with van der Waals surface area (Å²) < 4.78 is 6.68. The molecule has 0 radical (unpaired) electrons. The second kappa shape index (κ2) is 9.77. The number of halogens is 2. The van der Waals surface area contributed by atoms with Crippen molar-refractivity contribution in [2.45, 2.75) is 43.7 Å². The molecular weight excluding hydrogens is 527 g/mol. The third kappa shape index (κ3) is 4.85. The van der Waals surface area contributed by atoms with Crippen molar-refractivity contribution < 1.29 is 9.53 Å². The molecule has 2 aliphatic heterocycles. The second-order valence-corrected chi connectivity index (χ2v) is 9.87. The Balaban J connectivity index is 1.45. The van der Waals surface area contributed by atoms with Gasteiger partial charge in [-0.3, -0.25) is 9.69 Å². The Morgan fingerprint density at radius 1 is 1.29 bits per heavy atom. The van der Waals surface area contributed by atoms with E-state index in [1.807, 2.05) is 36.4 Å². The molecule has 2 aliphatic rings. The van der Waals surface area contributed by atoms with Gasteiger partial charge in [-0.25, -0.2) is 0 Å². The summed E-state index contributed by atoms with van der Waals surface area (Å²) in [6, 6.07) is 14.3. The fraction of sp³-hybridized carbons (Fsp3) is 0.435. The standard InChI is InChI=1S/C23H24ClIN4O2/c1-29-17-7-9-21(29)22(18(13-17)15-3-5-16(24)6-4-15)23(30)31-11-10-14-2-8-20(27-28-26)19(25)12-14/h2-6,8,12,17-18,21-22H,7,9-11,13H2,1H3/t17?,18-,21?,22+/m1/s1. The van der Waals surface area contributed by atoms with Crippen molar-refractivity contribution in [1.29, 1.82) is 0 Å². The summed E-state index contributed by atoms with van der Waals surface area (Å²) >= 11 is 8.23. The second-order valence-electron chi connectivity index (χ2n) is 8.28. The van der Waals surface area contributed by atoms with Crippen molar-refractivity contribution >= 4 is 45.8 Å². The SMILES string of the molecule is CN1C2CCC1[C@@H](C(=O)OCCc1ccc(N=[N+]=[N-])c(I)c1)[C@@H](c1ccc(Cl)cc1)C2. The molecule has 6 nitrogen and oxygen atoms in total. The molecule has 0 amide bonds. The maximum absolute atomic E-state index is 13.2. The van der Waals surface area contributed by atoms with Crippen LogP contribution in [0, 0.1) is 9.49 Å². The van der Waals surface area contributed by atoms with Gasteiger partial charge in [0.15, 0.2) is 0 Å². The smallest absolute Gasteiger partial charge is 0.311 e. The summed E-state index contributed by atoms with van der Waals surface area (Å²) in [6.07, 6.45) is 3.75. The lowest BCUT2D eigenvalue weighted by atomic mass is 9.76. The Hall–Kier alpha value is -1.80. The van der Waals surface area contributed by atoms with E-state index in [0.717, 1.165) is 28.4 Å². The first-order valence-corrected chi connectivity index (χ1v) is 11.9. The lowest BCUT2D eigenvalue weighted by Gasteiger charge is -2.42. The van der Waals surface area contributed by atoms with Gasteiger partial charge in [-0.2, -0.15) is 0 Å². The number of rotatable bonds is 6. The molecule has 2 aromatic carbocycles. The number of ether oxygens (including phenoxy) is 1. The van der Waals surface area contributed by atoms with Crippen molar-refractivity contribution in [2.75, 3.05) is 13.7 Å². The van der Waals surface area contributed by atoms with Crippen molar-refractivity contribution in [3.63, 3.8) is 0 Å². The molecule has 4 rings (SSSR count). The number of hydrogen-bond acceptors (Lipinski definition) is 4. The van der Waals surface area contributed by atoms with Crippen molar-refractivity contribution in [1.82, 2.24) is 4.90 Å². The van der Waals surface area contributed by atoms with Crippen LogP contribution in [-0.4, -0.2) is 36.6 Å². The Kier molecular flexibility index (Phi) is 7.06. The monoisotopic (exact) mass is 550 g/mol. The minimum absolute atomic E-state index is 0.113. The van der Waals surface area contributed by atoms with Crippen LogP contribution in [0.5, 0.6) is 0 Å². The summed E-state index contributed by atoms with van der Waals surface area (Å²) in [6.45, 7) is 0.333. The molecule has 162 valence electrons. The zero-order chi connectivity index (χ0) is 22.0. The quantitative estimate of drug-likeness (QED) is 0.140. The van der Waals surface area contributed by atoms with Crippen LogP contribution in [0.1, 0.15) is 36.3 Å². The Morgan fingerprint density at radius 2 is 2.06 bits per heavy atom. The summed E-state index contributed by atoms with van der Waals surface area (Å²) in [5, 5.41) is 4.37. The number of piperidine rings is 1. The van der Waals surface area contributed by atoms with E-state index < -0.39 is 0 Å². The fourth-order valence-electron chi connectivity index (χ4n) is 5.04. The molecule has 2 bridgehead atoms. The number of azide groups is 1. The predicted octanol–water partition coefficient (Wildman–Crippen LogP) is 6.24. The number of benzene rings is 2. The van der Waals surface area contributed by atoms with Crippen LogP contribution in [-0.2, 0) is 16.0 Å². The highest BCUT2D eigenvalue weighted by molar-refractivity contribution is 14.1. The molecule has 0 N–H and O–H groups in total. The molecule has 2 unspecified atom stereocenters. The normalized spacial score (nSPS) is 25.1. The third-order valence-corrected chi connectivity index (χ3v) is 7.75. The van der Waals surface area contributed by atoms with Crippen LogP contribution in [0.3, 0.4) is 0 Å². The van der Waals surface area contributed by atoms with Gasteiger partial charge in [-0.1, -0.05) is 41.0 Å². The molecule has 31 heavy (non-hydrogen) atoms. The van der Waals surface area contributed by atoms with Crippen molar-refractivity contribution in [3.8, 4) is 0 Å². The summed E-state index contributed by atoms with van der Waals surface area (Å²) in [5.41, 5.74) is 11.4. The average Bonchev–Trinajstić information content (AvgIpc) is 2.98. The molecule has 0 spiro atoms. The molecule has 0 aliphatic carbocycles. The van der Waals surface area contributed by atoms with E-state index >= 15 is 0 Å². The average molecular weight is 551 g/mol. The van der Waals surface area contributed by atoms with Gasteiger partial charge in [0.25, 0.3) is 0 Å². The fourth-order valence-corrected chi connectivity index (χ4v) is 5.86. The van der Waals surface area contributed by atoms with E-state index in [1.54, 1.807) is 6.07 Å². The zero-order valence-electron chi connectivity index (χ0n) is 17.2. The highest BCUT2D eigenvalue weighted by atomic mass is 127. The number of carbonyl (C=O) groups is 1. The molecular formula is C23H24ClIN4O2. The van der Waals surface area contributed by atoms with E-state index in [2.05, 4.69) is 44.6 Å². The van der Waals surface area contributed by atoms with E-state index in [-0.39, 0.29) is 23.8 Å². The first kappa shape index (κ1) is 22.4. The molecule has 0 saturated carbocycles. The van der Waals surface area contributed by atoms with Crippen LogP contribution in [0.25, 0.3) is 10.4 Å². The van der Waals surface area contributed by atoms with Gasteiger partial charge in [0.05, 0.1) is 18.2 Å². The number of carbonyl (C=O) groups excluding carboxylic acids is 1. The van der Waals surface area contributed by atoms with Gasteiger partial charge in [-0.15, -0.1) is 0 Å². The molecule has 4 atom stereocenters. The van der Waals surface area contributed by atoms with Gasteiger partial charge in [0.1, 0.15) is 0 Å². The van der Waals surface area contributed by atoms with Crippen LogP contribution in [0.4, 0.5) is 5.69 Å². The molecule has 2 aromatic rings. The van der Waals surface area contributed by atoms with Crippen LogP contribution in [0.2, 0.25) is 5.02 Å². The van der Waals surface area contributed by atoms with E-state index in [9.17, 15) is 4.79 Å². The zero-order valence-corrected chi connectivity index (χ0v) is 20.2. The predicted molar refractivity (Wildman–Crippen MR) is 130 cm³/mol. The molecule has 2 saturated heterocycles. The summed E-state index contributed by atoms with van der Waals surface area (Å²) in [4.78, 5) is 18.5. The Morgan fingerprint density at radius 3 is 2.77 bits per heavy atom. The first-order chi connectivity index (χ1) is 15.0. The Bertz CT molecular complexity index is 1010. The third-order valence-electron chi connectivity index (χ3n) is 6.64. The molecule has 2 heterocycles. The van der Waals surface area contributed by atoms with E-state index in [4.69, 9.17) is 21.9 Å². The van der Waals surface area contributed by atoms with Gasteiger partial charge in [0.2, 0.25) is 0 Å². The summed E-state index contributed by atoms with van der Waals surface area (Å²) in [7, 11) is 2.13. The van der Waals surface area contributed by atoms with E-state index in [0.29, 0.717) is 29.8 Å². The summed E-state index contributed by atoms with van der Waals surface area (Å²) in [5.74, 6) is -0.127. The van der Waals surface area contributed by atoms with Crippen molar-refractivity contribution in [3.05, 3.63) is 72.6 Å². The maximum Gasteiger partial charge on any atom is 0.311 e. The molecule has 8 heteroatoms. The first-order valence-electron chi connectivity index (χ1n) is 10.5. The lowest BCUT2D eigenvalue weighted by Crippen LogP contribution is -2.49. The van der Waals surface area contributed by atoms with Crippen LogP contribution in [0.15, 0.2) is 47.6 Å². The van der Waals surface area contributed by atoms with Crippen LogP contribution >= 0.6 is 34.2 Å². The minimum Gasteiger partial charge on any atom is -0.465 e. The van der Waals surface area contributed by atoms with Gasteiger partial charge in [-0.05, 0) is 83.8 Å². The molecule has 2 fully saturated rings. The topological polar surface area (TPSA) is 78.3 Å². The maximum atomic E-state index is 13.2. The lowest BCUT2D eigenvalue weighted by molar-refractivity contribution is -0.153. The van der Waals surface area contributed by atoms with Gasteiger partial charge in [0, 0.05) is 37.9 Å². The van der Waals surface area contributed by atoms with Crippen LogP contribution < -0.4 is 0 Å². The largest absolute Gasteiger partial charge is 0.465 e.